The minimum absolute atomic E-state index is 0.0848. The van der Waals surface area contributed by atoms with Crippen molar-refractivity contribution in [3.8, 4) is 11.5 Å². The van der Waals surface area contributed by atoms with Gasteiger partial charge in [0, 0.05) is 13.1 Å². The Morgan fingerprint density at radius 3 is 2.70 bits per heavy atom. The van der Waals surface area contributed by atoms with Crippen molar-refractivity contribution < 1.29 is 14.6 Å². The summed E-state index contributed by atoms with van der Waals surface area (Å²) in [7, 11) is 1.50. The maximum Gasteiger partial charge on any atom is 0.286 e. The van der Waals surface area contributed by atoms with E-state index in [-0.39, 0.29) is 11.7 Å². The van der Waals surface area contributed by atoms with Crippen LogP contribution in [0.3, 0.4) is 0 Å². The fourth-order valence-corrected chi connectivity index (χ4v) is 3.70. The van der Waals surface area contributed by atoms with Gasteiger partial charge in [-0.25, -0.2) is 0 Å². The lowest BCUT2D eigenvalue weighted by molar-refractivity contribution is -0.113. The van der Waals surface area contributed by atoms with E-state index in [0.717, 1.165) is 36.7 Å². The minimum Gasteiger partial charge on any atom is -0.504 e. The van der Waals surface area contributed by atoms with E-state index in [0.29, 0.717) is 10.7 Å². The van der Waals surface area contributed by atoms with Crippen molar-refractivity contribution in [3.63, 3.8) is 0 Å². The van der Waals surface area contributed by atoms with E-state index in [1.165, 1.54) is 31.7 Å². The molecule has 5 nitrogen and oxygen atoms in total. The molecule has 1 saturated heterocycles. The largest absolute Gasteiger partial charge is 0.504 e. The predicted molar refractivity (Wildman–Crippen MR) is 92.7 cm³/mol. The molecule has 1 N–H and O–H groups in total. The SMILES string of the molecule is COc1cc(/C=C2\SC(N3CCCCCC3)=NC2=O)ccc1O. The number of thioether (sulfide) groups is 1. The van der Waals surface area contributed by atoms with Crippen molar-refractivity contribution >= 4 is 28.9 Å². The number of aromatic hydroxyl groups is 1. The number of methoxy groups -OCH3 is 1. The molecule has 0 atom stereocenters. The maximum atomic E-state index is 12.2. The molecule has 2 aliphatic rings. The van der Waals surface area contributed by atoms with Gasteiger partial charge in [0.1, 0.15) is 0 Å². The predicted octanol–water partition coefficient (Wildman–Crippen LogP) is 3.25. The molecule has 0 unspecified atom stereocenters. The number of nitrogens with zero attached hydrogens (tertiary/aromatic N) is 2. The van der Waals surface area contributed by atoms with Gasteiger partial charge in [-0.1, -0.05) is 18.9 Å². The van der Waals surface area contributed by atoms with Crippen LogP contribution in [0.5, 0.6) is 11.5 Å². The average molecular weight is 332 g/mol. The van der Waals surface area contributed by atoms with Crippen molar-refractivity contribution in [3.05, 3.63) is 28.7 Å². The number of phenolic OH excluding ortho intramolecular Hbond substituents is 1. The van der Waals surface area contributed by atoms with Gasteiger partial charge < -0.3 is 14.7 Å². The van der Waals surface area contributed by atoms with Crippen molar-refractivity contribution in [1.29, 1.82) is 0 Å². The number of carbonyl (C=O) groups excluding carboxylic acids is 1. The van der Waals surface area contributed by atoms with Crippen molar-refractivity contribution in [2.45, 2.75) is 25.7 Å². The molecule has 0 aliphatic carbocycles. The number of phenols is 1. The van der Waals surface area contributed by atoms with E-state index in [9.17, 15) is 9.90 Å². The minimum atomic E-state index is -0.193. The first-order valence-electron chi connectivity index (χ1n) is 7.82. The number of hydrogen-bond acceptors (Lipinski definition) is 5. The number of benzene rings is 1. The van der Waals surface area contributed by atoms with Gasteiger partial charge >= 0.3 is 0 Å². The molecule has 0 saturated carbocycles. The second-order valence-electron chi connectivity index (χ2n) is 5.64. The number of rotatable bonds is 2. The highest BCUT2D eigenvalue weighted by Gasteiger charge is 2.26. The summed E-state index contributed by atoms with van der Waals surface area (Å²) in [6, 6.07) is 5.02. The number of amides is 1. The van der Waals surface area contributed by atoms with E-state index in [2.05, 4.69) is 9.89 Å². The molecule has 0 spiro atoms. The summed E-state index contributed by atoms with van der Waals surface area (Å²) < 4.78 is 5.10. The molecule has 3 rings (SSSR count). The molecule has 2 aliphatic heterocycles. The summed E-state index contributed by atoms with van der Waals surface area (Å²) in [6.07, 6.45) is 6.60. The van der Waals surface area contributed by atoms with Crippen LogP contribution in [0.2, 0.25) is 0 Å². The molecule has 0 bridgehead atoms. The number of likely N-dealkylation sites (tertiary alicyclic amines) is 1. The number of ether oxygens (including phenoxy) is 1. The normalized spacial score (nSPS) is 20.6. The first-order chi connectivity index (χ1) is 11.2. The third-order valence-electron chi connectivity index (χ3n) is 3.99. The van der Waals surface area contributed by atoms with Gasteiger partial charge in [-0.05, 0) is 48.4 Å². The topological polar surface area (TPSA) is 62.1 Å². The third kappa shape index (κ3) is 3.69. The lowest BCUT2D eigenvalue weighted by atomic mass is 10.2. The first-order valence-corrected chi connectivity index (χ1v) is 8.63. The first kappa shape index (κ1) is 15.9. The standard InChI is InChI=1S/C17H20N2O3S/c1-22-14-10-12(6-7-13(14)20)11-15-16(21)18-17(23-15)19-8-4-2-3-5-9-19/h6-7,10-11,20H,2-5,8-9H2,1H3/b15-11-. The molecule has 1 aromatic rings. The molecule has 1 fully saturated rings. The van der Waals surface area contributed by atoms with E-state index in [1.807, 2.05) is 0 Å². The van der Waals surface area contributed by atoms with Gasteiger partial charge in [0.2, 0.25) is 0 Å². The van der Waals surface area contributed by atoms with E-state index in [1.54, 1.807) is 24.3 Å². The Morgan fingerprint density at radius 2 is 2.00 bits per heavy atom. The van der Waals surface area contributed by atoms with E-state index in [4.69, 9.17) is 4.74 Å². The number of carbonyl (C=O) groups is 1. The Morgan fingerprint density at radius 1 is 1.26 bits per heavy atom. The van der Waals surface area contributed by atoms with Crippen LogP contribution in [0.4, 0.5) is 0 Å². The zero-order valence-corrected chi connectivity index (χ0v) is 13.9. The Balaban J connectivity index is 1.76. The quantitative estimate of drug-likeness (QED) is 0.842. The van der Waals surface area contributed by atoms with Crippen LogP contribution in [-0.4, -0.2) is 41.3 Å². The van der Waals surface area contributed by atoms with Gasteiger partial charge in [-0.2, -0.15) is 4.99 Å². The summed E-state index contributed by atoms with van der Waals surface area (Å²) >= 11 is 1.43. The van der Waals surface area contributed by atoms with E-state index < -0.39 is 0 Å². The van der Waals surface area contributed by atoms with Crippen LogP contribution >= 0.6 is 11.8 Å². The average Bonchev–Trinajstić information content (AvgIpc) is 2.77. The van der Waals surface area contributed by atoms with Gasteiger partial charge in [0.25, 0.3) is 5.91 Å². The maximum absolute atomic E-state index is 12.2. The number of aliphatic imine (C=N–C) groups is 1. The van der Waals surface area contributed by atoms with Crippen LogP contribution in [0.15, 0.2) is 28.1 Å². The highest BCUT2D eigenvalue weighted by Crippen LogP contribution is 2.33. The molecule has 1 aromatic carbocycles. The molecule has 1 amide bonds. The molecular weight excluding hydrogens is 312 g/mol. The molecule has 23 heavy (non-hydrogen) atoms. The summed E-state index contributed by atoms with van der Waals surface area (Å²) in [5.74, 6) is 0.284. The summed E-state index contributed by atoms with van der Waals surface area (Å²) in [5, 5.41) is 10.5. The summed E-state index contributed by atoms with van der Waals surface area (Å²) in [6.45, 7) is 1.94. The van der Waals surface area contributed by atoms with Crippen molar-refractivity contribution in [2.24, 2.45) is 4.99 Å². The highest BCUT2D eigenvalue weighted by atomic mass is 32.2. The molecule has 6 heteroatoms. The van der Waals surface area contributed by atoms with Gasteiger partial charge in [-0.3, -0.25) is 4.79 Å². The molecule has 0 radical (unpaired) electrons. The zero-order chi connectivity index (χ0) is 16.2. The third-order valence-corrected chi connectivity index (χ3v) is 5.03. The molecule has 0 aromatic heterocycles. The van der Waals surface area contributed by atoms with Crippen LogP contribution in [0, 0.1) is 0 Å². The molecular formula is C17H20N2O3S. The van der Waals surface area contributed by atoms with Crippen LogP contribution in [-0.2, 0) is 4.79 Å². The van der Waals surface area contributed by atoms with Crippen LogP contribution in [0.25, 0.3) is 6.08 Å². The van der Waals surface area contributed by atoms with Gasteiger partial charge in [-0.15, -0.1) is 0 Å². The Bertz CT molecular complexity index is 662. The Kier molecular flexibility index (Phi) is 4.91. The second-order valence-corrected chi connectivity index (χ2v) is 6.65. The molecule has 122 valence electrons. The molecule has 2 heterocycles. The lowest BCUT2D eigenvalue weighted by Crippen LogP contribution is -2.28. The smallest absolute Gasteiger partial charge is 0.286 e. The second kappa shape index (κ2) is 7.08. The zero-order valence-electron chi connectivity index (χ0n) is 13.1. The number of hydrogen-bond donors (Lipinski definition) is 1. The lowest BCUT2D eigenvalue weighted by Gasteiger charge is -2.20. The van der Waals surface area contributed by atoms with Gasteiger partial charge in [0.05, 0.1) is 12.0 Å². The monoisotopic (exact) mass is 332 g/mol. The van der Waals surface area contributed by atoms with Crippen molar-refractivity contribution in [1.82, 2.24) is 4.90 Å². The fraction of sp³-hybridized carbons (Fsp3) is 0.412. The summed E-state index contributed by atoms with van der Waals surface area (Å²) in [5.41, 5.74) is 0.808. The number of amidine groups is 1. The Labute approximate surface area is 140 Å². The highest BCUT2D eigenvalue weighted by molar-refractivity contribution is 8.18. The summed E-state index contributed by atoms with van der Waals surface area (Å²) in [4.78, 5) is 19.2. The van der Waals surface area contributed by atoms with Crippen LogP contribution in [0.1, 0.15) is 31.2 Å². The van der Waals surface area contributed by atoms with Gasteiger partial charge in [0.15, 0.2) is 16.7 Å². The fourth-order valence-electron chi connectivity index (χ4n) is 2.73. The Hall–Kier alpha value is -1.95. The van der Waals surface area contributed by atoms with Crippen LogP contribution < -0.4 is 4.74 Å². The van der Waals surface area contributed by atoms with E-state index >= 15 is 0 Å². The van der Waals surface area contributed by atoms with Crippen molar-refractivity contribution in [2.75, 3.05) is 20.2 Å².